The molecule has 0 fully saturated rings. The summed E-state index contributed by atoms with van der Waals surface area (Å²) in [6.45, 7) is 1.84. The molecule has 0 atom stereocenters. The molecule has 2 aromatic rings. The van der Waals surface area contributed by atoms with Crippen molar-refractivity contribution in [1.82, 2.24) is 4.31 Å². The first-order chi connectivity index (χ1) is 12.7. The molecule has 1 amide bonds. The first-order valence-corrected chi connectivity index (χ1v) is 9.93. The average Bonchev–Trinajstić information content (AvgIpc) is 2.62. The molecule has 0 aromatic heterocycles. The van der Waals surface area contributed by atoms with Gasteiger partial charge >= 0.3 is 0 Å². The largest absolute Gasteiger partial charge is 0.492 e. The predicted molar refractivity (Wildman–Crippen MR) is 104 cm³/mol. The number of hydrogen-bond acceptors (Lipinski definition) is 5. The smallest absolute Gasteiger partial charge is 0.262 e. The number of anilines is 1. The van der Waals surface area contributed by atoms with Crippen molar-refractivity contribution in [2.24, 2.45) is 0 Å². The second-order valence-electron chi connectivity index (χ2n) is 5.67. The molecule has 0 unspecified atom stereocenters. The number of ether oxygens (including phenoxy) is 2. The molecule has 0 saturated heterocycles. The maximum absolute atomic E-state index is 12.5. The Morgan fingerprint density at radius 3 is 2.37 bits per heavy atom. The highest BCUT2D eigenvalue weighted by atomic mass is 35.5. The number of benzene rings is 2. The standard InChI is InChI=1S/C18H21ClN2O5S/c1-4-25-16-10-7-14(11-17(16)27(23,24)21(2)3)20-18(22)12-26-15-8-5-13(19)6-9-15/h5-11H,4,12H2,1-3H3,(H,20,22). The van der Waals surface area contributed by atoms with E-state index in [2.05, 4.69) is 5.32 Å². The van der Waals surface area contributed by atoms with Crippen molar-refractivity contribution in [3.05, 3.63) is 47.5 Å². The van der Waals surface area contributed by atoms with Gasteiger partial charge in [0.1, 0.15) is 16.4 Å². The Bertz CT molecular complexity index is 898. The number of hydrogen-bond donors (Lipinski definition) is 1. The van der Waals surface area contributed by atoms with Crippen LogP contribution in [-0.4, -0.2) is 45.9 Å². The van der Waals surface area contributed by atoms with Gasteiger partial charge in [0, 0.05) is 24.8 Å². The van der Waals surface area contributed by atoms with Crippen LogP contribution < -0.4 is 14.8 Å². The highest BCUT2D eigenvalue weighted by Gasteiger charge is 2.23. The van der Waals surface area contributed by atoms with Crippen molar-refractivity contribution < 1.29 is 22.7 Å². The van der Waals surface area contributed by atoms with Crippen LogP contribution in [0, 0.1) is 0 Å². The van der Waals surface area contributed by atoms with Gasteiger partial charge in [0.2, 0.25) is 10.0 Å². The van der Waals surface area contributed by atoms with Crippen molar-refractivity contribution in [3.63, 3.8) is 0 Å². The van der Waals surface area contributed by atoms with Crippen LogP contribution in [0.2, 0.25) is 5.02 Å². The van der Waals surface area contributed by atoms with Crippen molar-refractivity contribution in [2.45, 2.75) is 11.8 Å². The third-order valence-corrected chi connectivity index (χ3v) is 5.56. The van der Waals surface area contributed by atoms with E-state index in [4.69, 9.17) is 21.1 Å². The SMILES string of the molecule is CCOc1ccc(NC(=O)COc2ccc(Cl)cc2)cc1S(=O)(=O)N(C)C. The summed E-state index contributed by atoms with van der Waals surface area (Å²) in [4.78, 5) is 12.1. The molecule has 0 heterocycles. The molecule has 1 N–H and O–H groups in total. The van der Waals surface area contributed by atoms with Gasteiger partial charge in [-0.25, -0.2) is 12.7 Å². The molecule has 27 heavy (non-hydrogen) atoms. The molecule has 0 spiro atoms. The summed E-state index contributed by atoms with van der Waals surface area (Å²) in [5, 5.41) is 3.18. The molecule has 0 saturated carbocycles. The number of nitrogens with one attached hydrogen (secondary N) is 1. The highest BCUT2D eigenvalue weighted by molar-refractivity contribution is 7.89. The zero-order valence-corrected chi connectivity index (χ0v) is 16.8. The first kappa shape index (κ1) is 21.0. The van der Waals surface area contributed by atoms with Gasteiger partial charge in [-0.3, -0.25) is 4.79 Å². The molecule has 146 valence electrons. The van der Waals surface area contributed by atoms with E-state index in [-0.39, 0.29) is 17.3 Å². The lowest BCUT2D eigenvalue weighted by Crippen LogP contribution is -2.24. The van der Waals surface area contributed by atoms with Gasteiger partial charge in [-0.1, -0.05) is 11.6 Å². The normalized spacial score (nSPS) is 11.3. The second-order valence-corrected chi connectivity index (χ2v) is 8.23. The van der Waals surface area contributed by atoms with Crippen LogP contribution in [-0.2, 0) is 14.8 Å². The quantitative estimate of drug-likeness (QED) is 0.720. The molecule has 0 aliphatic heterocycles. The Morgan fingerprint density at radius 2 is 1.78 bits per heavy atom. The Kier molecular flexibility index (Phi) is 7.06. The van der Waals surface area contributed by atoms with Crippen LogP contribution in [0.4, 0.5) is 5.69 Å². The van der Waals surface area contributed by atoms with E-state index in [0.29, 0.717) is 23.1 Å². The lowest BCUT2D eigenvalue weighted by Gasteiger charge is -2.16. The van der Waals surface area contributed by atoms with Crippen LogP contribution >= 0.6 is 11.6 Å². The minimum Gasteiger partial charge on any atom is -0.492 e. The lowest BCUT2D eigenvalue weighted by atomic mass is 10.3. The minimum atomic E-state index is -3.73. The Balaban J connectivity index is 2.13. The average molecular weight is 413 g/mol. The van der Waals surface area contributed by atoms with Crippen LogP contribution in [0.5, 0.6) is 11.5 Å². The van der Waals surface area contributed by atoms with Gasteiger partial charge in [0.05, 0.1) is 6.61 Å². The fourth-order valence-electron chi connectivity index (χ4n) is 2.14. The van der Waals surface area contributed by atoms with Crippen molar-refractivity contribution >= 4 is 33.2 Å². The Hall–Kier alpha value is -2.29. The summed E-state index contributed by atoms with van der Waals surface area (Å²) in [6, 6.07) is 11.0. The number of carbonyl (C=O) groups is 1. The molecule has 2 aromatic carbocycles. The minimum absolute atomic E-state index is 0.0224. The topological polar surface area (TPSA) is 84.9 Å². The monoisotopic (exact) mass is 412 g/mol. The molecule has 2 rings (SSSR count). The third kappa shape index (κ3) is 5.59. The van der Waals surface area contributed by atoms with E-state index in [1.165, 1.54) is 26.2 Å². The highest BCUT2D eigenvalue weighted by Crippen LogP contribution is 2.29. The number of nitrogens with zero attached hydrogens (tertiary/aromatic N) is 1. The van der Waals surface area contributed by atoms with E-state index in [1.807, 2.05) is 0 Å². The fraction of sp³-hybridized carbons (Fsp3) is 0.278. The fourth-order valence-corrected chi connectivity index (χ4v) is 3.31. The van der Waals surface area contributed by atoms with Crippen LogP contribution in [0.15, 0.2) is 47.4 Å². The molecule has 0 radical (unpaired) electrons. The van der Waals surface area contributed by atoms with E-state index < -0.39 is 15.9 Å². The molecular formula is C18H21ClN2O5S. The molecule has 7 nitrogen and oxygen atoms in total. The summed E-state index contributed by atoms with van der Waals surface area (Å²) >= 11 is 5.79. The van der Waals surface area contributed by atoms with E-state index in [1.54, 1.807) is 37.3 Å². The van der Waals surface area contributed by atoms with Crippen molar-refractivity contribution in [1.29, 1.82) is 0 Å². The zero-order chi connectivity index (χ0) is 20.0. The second kappa shape index (κ2) is 9.07. The summed E-state index contributed by atoms with van der Waals surface area (Å²) < 4.78 is 36.9. The Labute approximate surface area is 163 Å². The van der Waals surface area contributed by atoms with Crippen LogP contribution in [0.3, 0.4) is 0 Å². The van der Waals surface area contributed by atoms with Gasteiger partial charge in [0.25, 0.3) is 5.91 Å². The van der Waals surface area contributed by atoms with Crippen molar-refractivity contribution in [3.8, 4) is 11.5 Å². The molecule has 0 aliphatic carbocycles. The Morgan fingerprint density at radius 1 is 1.11 bits per heavy atom. The van der Waals surface area contributed by atoms with E-state index in [0.717, 1.165) is 4.31 Å². The van der Waals surface area contributed by atoms with Gasteiger partial charge in [0.15, 0.2) is 6.61 Å². The maximum atomic E-state index is 12.5. The summed E-state index contributed by atoms with van der Waals surface area (Å²) in [5.41, 5.74) is 0.323. The summed E-state index contributed by atoms with van der Waals surface area (Å²) in [7, 11) is -0.880. The third-order valence-electron chi connectivity index (χ3n) is 3.47. The maximum Gasteiger partial charge on any atom is 0.262 e. The number of halogens is 1. The van der Waals surface area contributed by atoms with E-state index >= 15 is 0 Å². The molecule has 0 bridgehead atoms. The predicted octanol–water partition coefficient (Wildman–Crippen LogP) is 3.01. The molecule has 9 heteroatoms. The van der Waals surface area contributed by atoms with E-state index in [9.17, 15) is 13.2 Å². The van der Waals surface area contributed by atoms with Gasteiger partial charge < -0.3 is 14.8 Å². The van der Waals surface area contributed by atoms with Gasteiger partial charge in [-0.15, -0.1) is 0 Å². The number of sulfonamides is 1. The van der Waals surface area contributed by atoms with Crippen molar-refractivity contribution in [2.75, 3.05) is 32.6 Å². The molecule has 0 aliphatic rings. The summed E-state index contributed by atoms with van der Waals surface area (Å²) in [5.74, 6) is 0.293. The van der Waals surface area contributed by atoms with Gasteiger partial charge in [-0.05, 0) is 49.4 Å². The summed E-state index contributed by atoms with van der Waals surface area (Å²) in [6.07, 6.45) is 0. The number of amides is 1. The number of rotatable bonds is 8. The zero-order valence-electron chi connectivity index (χ0n) is 15.2. The van der Waals surface area contributed by atoms with Crippen LogP contribution in [0.25, 0.3) is 0 Å². The van der Waals surface area contributed by atoms with Gasteiger partial charge in [-0.2, -0.15) is 0 Å². The molecular weight excluding hydrogens is 392 g/mol. The van der Waals surface area contributed by atoms with Crippen LogP contribution in [0.1, 0.15) is 6.92 Å². The number of carbonyl (C=O) groups excluding carboxylic acids is 1. The lowest BCUT2D eigenvalue weighted by molar-refractivity contribution is -0.118. The first-order valence-electron chi connectivity index (χ1n) is 8.11.